The number of thiophene rings is 1. The highest BCUT2D eigenvalue weighted by atomic mass is 32.2. The summed E-state index contributed by atoms with van der Waals surface area (Å²) in [6, 6.07) is 5.42. The molecular formula is C12H14N2O4S3. The number of hydrogen-bond acceptors (Lipinski definition) is 6. The van der Waals surface area contributed by atoms with Gasteiger partial charge in [0.25, 0.3) is 0 Å². The molecule has 1 aromatic carbocycles. The van der Waals surface area contributed by atoms with Gasteiger partial charge in [-0.1, -0.05) is 0 Å². The number of nitrogen functional groups attached to an aromatic ring is 1. The van der Waals surface area contributed by atoms with Crippen LogP contribution in [0.25, 0.3) is 0 Å². The van der Waals surface area contributed by atoms with E-state index in [0.29, 0.717) is 0 Å². The maximum absolute atomic E-state index is 12.2. The van der Waals surface area contributed by atoms with Gasteiger partial charge in [-0.15, -0.1) is 0 Å². The molecule has 6 nitrogen and oxygen atoms in total. The van der Waals surface area contributed by atoms with E-state index in [1.165, 1.54) is 23.5 Å². The van der Waals surface area contributed by atoms with Gasteiger partial charge in [-0.25, -0.2) is 21.6 Å². The summed E-state index contributed by atoms with van der Waals surface area (Å²) in [5, 5.41) is 3.65. The van der Waals surface area contributed by atoms with E-state index in [1.807, 2.05) is 10.8 Å². The van der Waals surface area contributed by atoms with Crippen molar-refractivity contribution in [1.82, 2.24) is 4.72 Å². The largest absolute Gasteiger partial charge is 0.398 e. The van der Waals surface area contributed by atoms with Gasteiger partial charge in [0.05, 0.1) is 10.6 Å². The minimum atomic E-state index is -3.88. The van der Waals surface area contributed by atoms with E-state index in [4.69, 9.17) is 5.73 Å². The van der Waals surface area contributed by atoms with Gasteiger partial charge in [0.15, 0.2) is 9.84 Å². The van der Waals surface area contributed by atoms with Crippen molar-refractivity contribution < 1.29 is 16.8 Å². The van der Waals surface area contributed by atoms with E-state index >= 15 is 0 Å². The van der Waals surface area contributed by atoms with Crippen molar-refractivity contribution in [2.75, 3.05) is 12.0 Å². The van der Waals surface area contributed by atoms with E-state index in [9.17, 15) is 16.8 Å². The zero-order valence-electron chi connectivity index (χ0n) is 11.1. The lowest BCUT2D eigenvalue weighted by Gasteiger charge is -2.10. The van der Waals surface area contributed by atoms with E-state index in [-0.39, 0.29) is 22.0 Å². The first-order valence-electron chi connectivity index (χ1n) is 5.80. The Morgan fingerprint density at radius 1 is 1.19 bits per heavy atom. The molecule has 0 spiro atoms. The number of nitrogens with two attached hydrogens (primary N) is 1. The second-order valence-electron chi connectivity index (χ2n) is 4.43. The highest BCUT2D eigenvalue weighted by Crippen LogP contribution is 2.22. The van der Waals surface area contributed by atoms with Gasteiger partial charge in [0.1, 0.15) is 4.90 Å². The van der Waals surface area contributed by atoms with Gasteiger partial charge in [-0.2, -0.15) is 11.3 Å². The second-order valence-corrected chi connectivity index (χ2v) is 8.96. The molecule has 114 valence electrons. The van der Waals surface area contributed by atoms with Crippen LogP contribution in [-0.2, 0) is 26.4 Å². The molecule has 0 aliphatic carbocycles. The number of rotatable bonds is 5. The van der Waals surface area contributed by atoms with Crippen LogP contribution < -0.4 is 10.5 Å². The summed E-state index contributed by atoms with van der Waals surface area (Å²) in [6.07, 6.45) is 1.01. The second kappa shape index (κ2) is 5.76. The van der Waals surface area contributed by atoms with Gasteiger partial charge in [-0.05, 0) is 40.6 Å². The molecular weight excluding hydrogens is 332 g/mol. The molecule has 1 heterocycles. The zero-order valence-corrected chi connectivity index (χ0v) is 13.6. The van der Waals surface area contributed by atoms with Crippen molar-refractivity contribution in [3.05, 3.63) is 40.6 Å². The third kappa shape index (κ3) is 3.82. The number of nitrogens with one attached hydrogen (secondary N) is 1. The molecule has 0 atom stereocenters. The Morgan fingerprint density at radius 2 is 1.90 bits per heavy atom. The summed E-state index contributed by atoms with van der Waals surface area (Å²) in [4.78, 5) is -0.326. The Balaban J connectivity index is 2.35. The minimum Gasteiger partial charge on any atom is -0.398 e. The SMILES string of the molecule is CS(=O)(=O)c1ccc(N)c(S(=O)(=O)NCc2ccsc2)c1. The molecule has 21 heavy (non-hydrogen) atoms. The standard InChI is InChI=1S/C12H14N2O4S3/c1-20(15,16)10-2-3-11(13)12(6-10)21(17,18)14-7-9-4-5-19-8-9/h2-6,8,14H,7,13H2,1H3. The summed E-state index contributed by atoms with van der Waals surface area (Å²) in [5.41, 5.74) is 6.48. The van der Waals surface area contributed by atoms with Crippen molar-refractivity contribution >= 4 is 36.9 Å². The summed E-state index contributed by atoms with van der Waals surface area (Å²) in [7, 11) is -7.39. The molecule has 0 saturated carbocycles. The third-order valence-corrected chi connectivity index (χ3v) is 6.05. The molecule has 1 aromatic heterocycles. The summed E-state index contributed by atoms with van der Waals surface area (Å²) < 4.78 is 49.9. The molecule has 2 rings (SSSR count). The smallest absolute Gasteiger partial charge is 0.242 e. The van der Waals surface area contributed by atoms with Crippen LogP contribution in [0.4, 0.5) is 5.69 Å². The molecule has 0 unspecified atom stereocenters. The molecule has 3 N–H and O–H groups in total. The van der Waals surface area contributed by atoms with Gasteiger partial charge in [0, 0.05) is 12.8 Å². The minimum absolute atomic E-state index is 0.000202. The molecule has 0 aliphatic rings. The van der Waals surface area contributed by atoms with Crippen LogP contribution >= 0.6 is 11.3 Å². The van der Waals surface area contributed by atoms with E-state index < -0.39 is 19.9 Å². The number of sulfonamides is 1. The van der Waals surface area contributed by atoms with Gasteiger partial charge >= 0.3 is 0 Å². The summed E-state index contributed by atoms with van der Waals surface area (Å²) in [5.74, 6) is 0. The van der Waals surface area contributed by atoms with Crippen molar-refractivity contribution in [3.63, 3.8) is 0 Å². The van der Waals surface area contributed by atoms with Crippen LogP contribution in [0.5, 0.6) is 0 Å². The normalized spacial score (nSPS) is 12.4. The molecule has 0 bridgehead atoms. The first kappa shape index (κ1) is 16.0. The van der Waals surface area contributed by atoms with E-state index in [0.717, 1.165) is 17.9 Å². The quantitative estimate of drug-likeness (QED) is 0.792. The maximum atomic E-state index is 12.2. The summed E-state index contributed by atoms with van der Waals surface area (Å²) >= 11 is 1.46. The fourth-order valence-corrected chi connectivity index (χ4v) is 4.19. The monoisotopic (exact) mass is 346 g/mol. The molecule has 0 amide bonds. The molecule has 0 aliphatic heterocycles. The molecule has 0 fully saturated rings. The average molecular weight is 346 g/mol. The van der Waals surface area contributed by atoms with Crippen LogP contribution in [-0.4, -0.2) is 23.1 Å². The lowest BCUT2D eigenvalue weighted by Crippen LogP contribution is -2.24. The number of sulfone groups is 1. The zero-order chi connectivity index (χ0) is 15.7. The van der Waals surface area contributed by atoms with Crippen molar-refractivity contribution in [2.24, 2.45) is 0 Å². The first-order chi connectivity index (χ1) is 9.70. The Hall–Kier alpha value is -1.42. The van der Waals surface area contributed by atoms with Gasteiger partial charge in [-0.3, -0.25) is 0 Å². The lowest BCUT2D eigenvalue weighted by atomic mass is 10.3. The lowest BCUT2D eigenvalue weighted by molar-refractivity contribution is 0.581. The molecule has 0 radical (unpaired) electrons. The third-order valence-electron chi connectivity index (χ3n) is 2.75. The van der Waals surface area contributed by atoms with Crippen LogP contribution in [0.15, 0.2) is 44.8 Å². The first-order valence-corrected chi connectivity index (χ1v) is 10.1. The van der Waals surface area contributed by atoms with Gasteiger partial charge < -0.3 is 5.73 Å². The topological polar surface area (TPSA) is 106 Å². The van der Waals surface area contributed by atoms with Crippen LogP contribution in [0.1, 0.15) is 5.56 Å². The Bertz CT molecular complexity index is 841. The fourth-order valence-electron chi connectivity index (χ4n) is 1.63. The number of benzene rings is 1. The number of hydrogen-bond donors (Lipinski definition) is 2. The predicted molar refractivity (Wildman–Crippen MR) is 82.3 cm³/mol. The predicted octanol–water partition coefficient (Wildman–Crippen LogP) is 1.21. The fraction of sp³-hybridized carbons (Fsp3) is 0.167. The molecule has 0 saturated heterocycles. The van der Waals surface area contributed by atoms with Crippen molar-refractivity contribution in [1.29, 1.82) is 0 Å². The maximum Gasteiger partial charge on any atom is 0.242 e. The molecule has 2 aromatic rings. The Morgan fingerprint density at radius 3 is 2.48 bits per heavy atom. The average Bonchev–Trinajstić information content (AvgIpc) is 2.88. The van der Waals surface area contributed by atoms with Crippen molar-refractivity contribution in [3.8, 4) is 0 Å². The van der Waals surface area contributed by atoms with Gasteiger partial charge in [0.2, 0.25) is 10.0 Å². The summed E-state index contributed by atoms with van der Waals surface area (Å²) in [6.45, 7) is 0.119. The van der Waals surface area contributed by atoms with E-state index in [1.54, 1.807) is 6.07 Å². The molecule has 9 heteroatoms. The van der Waals surface area contributed by atoms with E-state index in [2.05, 4.69) is 4.72 Å². The van der Waals surface area contributed by atoms with Crippen LogP contribution in [0, 0.1) is 0 Å². The van der Waals surface area contributed by atoms with Crippen LogP contribution in [0.2, 0.25) is 0 Å². The number of anilines is 1. The highest BCUT2D eigenvalue weighted by molar-refractivity contribution is 7.91. The Kier molecular flexibility index (Phi) is 4.38. The van der Waals surface area contributed by atoms with Crippen molar-refractivity contribution in [2.45, 2.75) is 16.3 Å². The highest BCUT2D eigenvalue weighted by Gasteiger charge is 2.20. The Labute approximate surface area is 127 Å². The van der Waals surface area contributed by atoms with Crippen LogP contribution in [0.3, 0.4) is 0 Å².